The number of benzene rings is 2. The van der Waals surface area contributed by atoms with Gasteiger partial charge in [-0.1, -0.05) is 12.1 Å². The van der Waals surface area contributed by atoms with E-state index in [1.807, 2.05) is 0 Å². The number of amides is 1. The van der Waals surface area contributed by atoms with Crippen molar-refractivity contribution in [3.05, 3.63) is 65.2 Å². The molecule has 0 fully saturated rings. The number of nitrogens with two attached hydrogens (primary N) is 2. The van der Waals surface area contributed by atoms with Crippen molar-refractivity contribution >= 4 is 15.9 Å². The number of primary sulfonamides is 1. The van der Waals surface area contributed by atoms with Crippen LogP contribution >= 0.6 is 0 Å². The van der Waals surface area contributed by atoms with E-state index in [1.165, 1.54) is 18.2 Å². The molecule has 2 atom stereocenters. The topological polar surface area (TPSA) is 106 Å². The second kappa shape index (κ2) is 8.55. The summed E-state index contributed by atoms with van der Waals surface area (Å²) in [7, 11) is -3.76. The normalized spacial score (nSPS) is 13.8. The third-order valence-corrected chi connectivity index (χ3v) is 5.14. The van der Waals surface area contributed by atoms with E-state index in [1.54, 1.807) is 31.3 Å². The SMILES string of the molecule is C[C@H](NC(=O)C[NH2+][C@@H](C)c1ccc(F)c(F)c1)c1ccc(S(N)(=O)=O)cc1. The number of hydrogen-bond donors (Lipinski definition) is 3. The van der Waals surface area contributed by atoms with Gasteiger partial charge < -0.3 is 10.6 Å². The van der Waals surface area contributed by atoms with E-state index in [4.69, 9.17) is 5.14 Å². The first-order valence-electron chi connectivity index (χ1n) is 8.28. The Kier molecular flexibility index (Phi) is 6.63. The van der Waals surface area contributed by atoms with E-state index >= 15 is 0 Å². The van der Waals surface area contributed by atoms with Crippen molar-refractivity contribution in [2.45, 2.75) is 30.8 Å². The molecule has 9 heteroatoms. The molecule has 0 spiro atoms. The number of carbonyl (C=O) groups excluding carboxylic acids is 1. The predicted molar refractivity (Wildman–Crippen MR) is 95.9 cm³/mol. The van der Waals surface area contributed by atoms with Gasteiger partial charge in [0.1, 0.15) is 6.04 Å². The minimum Gasteiger partial charge on any atom is -0.345 e. The number of sulfonamides is 1. The van der Waals surface area contributed by atoms with Crippen molar-refractivity contribution in [3.63, 3.8) is 0 Å². The third kappa shape index (κ3) is 5.81. The van der Waals surface area contributed by atoms with Gasteiger partial charge in [-0.05, 0) is 49.7 Å². The van der Waals surface area contributed by atoms with E-state index < -0.39 is 21.7 Å². The van der Waals surface area contributed by atoms with Crippen LogP contribution in [-0.2, 0) is 14.8 Å². The first-order chi connectivity index (χ1) is 12.6. The molecule has 5 N–H and O–H groups in total. The van der Waals surface area contributed by atoms with Crippen LogP contribution in [0.15, 0.2) is 47.4 Å². The summed E-state index contributed by atoms with van der Waals surface area (Å²) in [5.74, 6) is -2.08. The minimum atomic E-state index is -3.76. The maximum Gasteiger partial charge on any atom is 0.275 e. The van der Waals surface area contributed by atoms with Gasteiger partial charge in [-0.25, -0.2) is 22.3 Å². The molecule has 0 bridgehead atoms. The molecule has 0 aromatic heterocycles. The molecule has 0 heterocycles. The fourth-order valence-corrected chi connectivity index (χ4v) is 3.06. The van der Waals surface area contributed by atoms with Crippen LogP contribution in [0, 0.1) is 11.6 Å². The van der Waals surface area contributed by atoms with E-state index in [9.17, 15) is 22.0 Å². The summed E-state index contributed by atoms with van der Waals surface area (Å²) in [6.07, 6.45) is 0. The van der Waals surface area contributed by atoms with E-state index in [2.05, 4.69) is 5.32 Å². The zero-order valence-corrected chi connectivity index (χ0v) is 15.8. The Hall–Kier alpha value is -2.36. The lowest BCUT2D eigenvalue weighted by Gasteiger charge is -2.16. The second-order valence-electron chi connectivity index (χ2n) is 6.31. The summed E-state index contributed by atoms with van der Waals surface area (Å²) >= 11 is 0. The highest BCUT2D eigenvalue weighted by atomic mass is 32.2. The zero-order chi connectivity index (χ0) is 20.2. The average Bonchev–Trinajstić information content (AvgIpc) is 2.61. The lowest BCUT2D eigenvalue weighted by Crippen LogP contribution is -2.87. The number of hydrogen-bond acceptors (Lipinski definition) is 3. The summed E-state index contributed by atoms with van der Waals surface area (Å²) in [4.78, 5) is 12.1. The fourth-order valence-electron chi connectivity index (χ4n) is 2.55. The second-order valence-corrected chi connectivity index (χ2v) is 7.87. The number of rotatable bonds is 7. The van der Waals surface area contributed by atoms with E-state index in [0.717, 1.165) is 17.7 Å². The minimum absolute atomic E-state index is 0.00142. The number of nitrogens with one attached hydrogen (secondary N) is 1. The van der Waals surface area contributed by atoms with Gasteiger partial charge in [0.25, 0.3) is 5.91 Å². The Balaban J connectivity index is 1.90. The highest BCUT2D eigenvalue weighted by Crippen LogP contribution is 2.15. The van der Waals surface area contributed by atoms with Crippen LogP contribution in [0.3, 0.4) is 0 Å². The molecule has 0 radical (unpaired) electrons. The molecule has 146 valence electrons. The molecular weight excluding hydrogens is 376 g/mol. The third-order valence-electron chi connectivity index (χ3n) is 4.21. The summed E-state index contributed by atoms with van der Waals surface area (Å²) in [6.45, 7) is 3.65. The van der Waals surface area contributed by atoms with Crippen LogP contribution in [0.25, 0.3) is 0 Å². The average molecular weight is 398 g/mol. The van der Waals surface area contributed by atoms with Gasteiger partial charge in [-0.15, -0.1) is 0 Å². The van der Waals surface area contributed by atoms with Gasteiger partial charge in [0, 0.05) is 5.56 Å². The molecule has 1 amide bonds. The Morgan fingerprint density at radius 1 is 1.07 bits per heavy atom. The highest BCUT2D eigenvalue weighted by molar-refractivity contribution is 7.89. The van der Waals surface area contributed by atoms with Gasteiger partial charge in [-0.2, -0.15) is 0 Å². The van der Waals surface area contributed by atoms with Gasteiger partial charge in [0.2, 0.25) is 10.0 Å². The summed E-state index contributed by atoms with van der Waals surface area (Å²) < 4.78 is 48.8. The first kappa shape index (κ1) is 20.9. The summed E-state index contributed by atoms with van der Waals surface area (Å²) in [6, 6.07) is 9.01. The number of quaternary nitrogens is 1. The molecule has 2 rings (SSSR count). The molecule has 2 aromatic rings. The van der Waals surface area contributed by atoms with Crippen LogP contribution < -0.4 is 15.8 Å². The molecular formula is C18H22F2N3O3S+. The molecule has 0 aliphatic heterocycles. The van der Waals surface area contributed by atoms with Crippen LogP contribution in [0.4, 0.5) is 8.78 Å². The molecule has 0 unspecified atom stereocenters. The highest BCUT2D eigenvalue weighted by Gasteiger charge is 2.16. The van der Waals surface area contributed by atoms with E-state index in [-0.39, 0.29) is 29.4 Å². The maximum atomic E-state index is 13.3. The van der Waals surface area contributed by atoms with Crippen molar-refractivity contribution in [2.24, 2.45) is 5.14 Å². The number of carbonyl (C=O) groups is 1. The van der Waals surface area contributed by atoms with Gasteiger partial charge in [0.05, 0.1) is 10.9 Å². The van der Waals surface area contributed by atoms with Crippen molar-refractivity contribution < 1.29 is 27.3 Å². The Labute approximate surface area is 156 Å². The molecule has 2 aromatic carbocycles. The quantitative estimate of drug-likeness (QED) is 0.651. The van der Waals surface area contributed by atoms with Crippen molar-refractivity contribution in [1.29, 1.82) is 0 Å². The van der Waals surface area contributed by atoms with Gasteiger partial charge >= 0.3 is 0 Å². The monoisotopic (exact) mass is 398 g/mol. The smallest absolute Gasteiger partial charge is 0.275 e. The maximum absolute atomic E-state index is 13.3. The lowest BCUT2D eigenvalue weighted by atomic mass is 10.1. The Bertz CT molecular complexity index is 918. The first-order valence-corrected chi connectivity index (χ1v) is 9.83. The van der Waals surface area contributed by atoms with Crippen molar-refractivity contribution in [1.82, 2.24) is 5.32 Å². The van der Waals surface area contributed by atoms with Crippen LogP contribution in [-0.4, -0.2) is 20.9 Å². The largest absolute Gasteiger partial charge is 0.345 e. The molecule has 27 heavy (non-hydrogen) atoms. The fraction of sp³-hybridized carbons (Fsp3) is 0.278. The summed E-state index contributed by atoms with van der Waals surface area (Å²) in [5, 5.41) is 9.56. The Morgan fingerprint density at radius 2 is 1.67 bits per heavy atom. The summed E-state index contributed by atoms with van der Waals surface area (Å²) in [5.41, 5.74) is 1.30. The Morgan fingerprint density at radius 3 is 2.22 bits per heavy atom. The van der Waals surface area contributed by atoms with Crippen LogP contribution in [0.5, 0.6) is 0 Å². The van der Waals surface area contributed by atoms with Crippen LogP contribution in [0.2, 0.25) is 0 Å². The van der Waals surface area contributed by atoms with Gasteiger partial charge in [-0.3, -0.25) is 4.79 Å². The predicted octanol–water partition coefficient (Wildman–Crippen LogP) is 1.11. The molecule has 0 aliphatic rings. The van der Waals surface area contributed by atoms with Crippen molar-refractivity contribution in [2.75, 3.05) is 6.54 Å². The molecule has 0 saturated carbocycles. The molecule has 0 aliphatic carbocycles. The van der Waals surface area contributed by atoms with Crippen molar-refractivity contribution in [3.8, 4) is 0 Å². The van der Waals surface area contributed by atoms with E-state index in [0.29, 0.717) is 5.56 Å². The lowest BCUT2D eigenvalue weighted by molar-refractivity contribution is -0.682. The standard InChI is InChI=1S/C18H21F2N3O3S/c1-11(14-5-8-16(19)17(20)9-14)22-10-18(24)23-12(2)13-3-6-15(7-4-13)27(21,25)26/h3-9,11-12,22H,10H2,1-2H3,(H,23,24)(H2,21,25,26)/p+1/t11-,12-/m0/s1. The zero-order valence-electron chi connectivity index (χ0n) is 14.9. The molecule has 6 nitrogen and oxygen atoms in total. The molecule has 0 saturated heterocycles. The number of halogens is 2. The van der Waals surface area contributed by atoms with Crippen LogP contribution in [0.1, 0.15) is 37.1 Å². The van der Waals surface area contributed by atoms with Gasteiger partial charge in [0.15, 0.2) is 18.2 Å².